The van der Waals surface area contributed by atoms with Crippen molar-refractivity contribution < 1.29 is 24.1 Å². The van der Waals surface area contributed by atoms with E-state index in [-0.39, 0.29) is 18.4 Å². The van der Waals surface area contributed by atoms with Crippen LogP contribution in [0.3, 0.4) is 0 Å². The molecule has 0 saturated carbocycles. The van der Waals surface area contributed by atoms with Gasteiger partial charge in [0.15, 0.2) is 11.5 Å². The van der Waals surface area contributed by atoms with Gasteiger partial charge in [-0.2, -0.15) is 0 Å². The van der Waals surface area contributed by atoms with Crippen LogP contribution in [0.2, 0.25) is 0 Å². The van der Waals surface area contributed by atoms with E-state index >= 15 is 0 Å². The molecular weight excluding hydrogens is 314 g/mol. The van der Waals surface area contributed by atoms with Crippen molar-refractivity contribution >= 4 is 5.97 Å². The predicted octanol–water partition coefficient (Wildman–Crippen LogP) is 2.69. The van der Waals surface area contributed by atoms with Crippen LogP contribution in [0.5, 0.6) is 23.1 Å². The summed E-state index contributed by atoms with van der Waals surface area (Å²) < 4.78 is 16.1. The number of nitrogens with one attached hydrogen (secondary N) is 1. The van der Waals surface area contributed by atoms with E-state index in [2.05, 4.69) is 15.4 Å². The van der Waals surface area contributed by atoms with Crippen LogP contribution in [0.25, 0.3) is 11.1 Å². The quantitative estimate of drug-likeness (QED) is 0.759. The molecule has 8 heteroatoms. The van der Waals surface area contributed by atoms with Crippen LogP contribution in [0.4, 0.5) is 0 Å². The molecule has 0 amide bonds. The third-order valence-corrected chi connectivity index (χ3v) is 3.51. The number of aromatic nitrogens is 3. The number of carboxylic acid groups (broad SMARTS) is 1. The number of nitrogens with zero attached hydrogens (tertiary/aromatic N) is 2. The van der Waals surface area contributed by atoms with Gasteiger partial charge in [-0.05, 0) is 35.4 Å². The third-order valence-electron chi connectivity index (χ3n) is 3.51. The number of hydrogen-bond donors (Lipinski definition) is 2. The lowest BCUT2D eigenvalue weighted by molar-refractivity contribution is 0.0687. The van der Waals surface area contributed by atoms with Crippen LogP contribution in [0.1, 0.15) is 10.5 Å². The number of carboxylic acids is 1. The molecule has 0 atom stereocenters. The molecule has 0 saturated heterocycles. The van der Waals surface area contributed by atoms with E-state index in [0.717, 1.165) is 16.9 Å². The van der Waals surface area contributed by atoms with Crippen molar-refractivity contribution in [3.8, 4) is 34.3 Å². The first kappa shape index (κ1) is 14.1. The summed E-state index contributed by atoms with van der Waals surface area (Å²) in [4.78, 5) is 11.0. The average molecular weight is 325 g/mol. The summed E-state index contributed by atoms with van der Waals surface area (Å²) >= 11 is 0. The molecule has 0 radical (unpaired) electrons. The molecule has 4 rings (SSSR count). The van der Waals surface area contributed by atoms with Crippen molar-refractivity contribution in [3.63, 3.8) is 0 Å². The minimum atomic E-state index is -1.19. The Hall–Kier alpha value is -3.55. The summed E-state index contributed by atoms with van der Waals surface area (Å²) in [6.07, 6.45) is 0. The number of rotatable bonds is 4. The highest BCUT2D eigenvalue weighted by molar-refractivity contribution is 5.87. The Morgan fingerprint density at radius 3 is 2.62 bits per heavy atom. The first-order valence-corrected chi connectivity index (χ1v) is 7.03. The van der Waals surface area contributed by atoms with Crippen LogP contribution >= 0.6 is 0 Å². The Labute approximate surface area is 135 Å². The summed E-state index contributed by atoms with van der Waals surface area (Å²) in [6.45, 7) is 0.231. The number of carbonyl (C=O) groups is 1. The maximum atomic E-state index is 11.0. The normalized spacial score (nSPS) is 12.2. The molecule has 8 nitrogen and oxygen atoms in total. The SMILES string of the molecule is O=C(O)c1[nH]nnc1Oc1ccc(-c2ccc3c(c2)OCO3)cc1. The maximum Gasteiger partial charge on any atom is 0.359 e. The zero-order chi connectivity index (χ0) is 16.5. The van der Waals surface area contributed by atoms with Crippen LogP contribution in [-0.2, 0) is 0 Å². The van der Waals surface area contributed by atoms with E-state index in [0.29, 0.717) is 11.5 Å². The van der Waals surface area contributed by atoms with Crippen LogP contribution in [-0.4, -0.2) is 33.3 Å². The second kappa shape index (κ2) is 5.58. The topological polar surface area (TPSA) is 107 Å². The fourth-order valence-corrected chi connectivity index (χ4v) is 2.33. The highest BCUT2D eigenvalue weighted by Gasteiger charge is 2.17. The molecule has 1 aliphatic heterocycles. The second-order valence-electron chi connectivity index (χ2n) is 4.99. The van der Waals surface area contributed by atoms with Gasteiger partial charge in [0.25, 0.3) is 5.88 Å². The van der Waals surface area contributed by atoms with Gasteiger partial charge in [0, 0.05) is 0 Å². The zero-order valence-corrected chi connectivity index (χ0v) is 12.2. The van der Waals surface area contributed by atoms with Gasteiger partial charge in [0.2, 0.25) is 12.5 Å². The third kappa shape index (κ3) is 2.50. The smallest absolute Gasteiger partial charge is 0.359 e. The molecule has 1 aliphatic rings. The zero-order valence-electron chi connectivity index (χ0n) is 12.2. The Morgan fingerprint density at radius 1 is 1.08 bits per heavy atom. The van der Waals surface area contributed by atoms with E-state index < -0.39 is 5.97 Å². The van der Waals surface area contributed by atoms with Crippen molar-refractivity contribution in [2.45, 2.75) is 0 Å². The molecule has 1 aromatic heterocycles. The van der Waals surface area contributed by atoms with Crippen molar-refractivity contribution in [1.29, 1.82) is 0 Å². The van der Waals surface area contributed by atoms with E-state index in [1.165, 1.54) is 0 Å². The summed E-state index contributed by atoms with van der Waals surface area (Å²) in [5.74, 6) is 0.619. The second-order valence-corrected chi connectivity index (χ2v) is 4.99. The molecule has 0 unspecified atom stereocenters. The molecule has 120 valence electrons. The van der Waals surface area contributed by atoms with E-state index in [1.807, 2.05) is 30.3 Å². The minimum absolute atomic E-state index is 0.0849. The minimum Gasteiger partial charge on any atom is -0.476 e. The number of H-pyrrole nitrogens is 1. The summed E-state index contributed by atoms with van der Waals surface area (Å²) in [7, 11) is 0. The van der Waals surface area contributed by atoms with Gasteiger partial charge in [-0.1, -0.05) is 28.5 Å². The Balaban J connectivity index is 1.56. The molecule has 0 bridgehead atoms. The lowest BCUT2D eigenvalue weighted by Crippen LogP contribution is -1.99. The monoisotopic (exact) mass is 325 g/mol. The summed E-state index contributed by atoms with van der Waals surface area (Å²) in [5.41, 5.74) is 1.73. The van der Waals surface area contributed by atoms with Gasteiger partial charge in [-0.25, -0.2) is 9.89 Å². The van der Waals surface area contributed by atoms with E-state index in [9.17, 15) is 4.79 Å². The average Bonchev–Trinajstić information content (AvgIpc) is 3.23. The first-order valence-electron chi connectivity index (χ1n) is 7.03. The van der Waals surface area contributed by atoms with Gasteiger partial charge in [-0.15, -0.1) is 0 Å². The molecule has 2 aromatic carbocycles. The molecular formula is C16H11N3O5. The van der Waals surface area contributed by atoms with Crippen molar-refractivity contribution in [3.05, 3.63) is 48.2 Å². The number of aromatic amines is 1. The molecule has 0 aliphatic carbocycles. The Bertz CT molecular complexity index is 904. The summed E-state index contributed by atoms with van der Waals surface area (Å²) in [5, 5.41) is 18.3. The predicted molar refractivity (Wildman–Crippen MR) is 81.4 cm³/mol. The Kier molecular flexibility index (Phi) is 3.27. The van der Waals surface area contributed by atoms with Gasteiger partial charge in [0.1, 0.15) is 5.75 Å². The highest BCUT2D eigenvalue weighted by atomic mass is 16.7. The largest absolute Gasteiger partial charge is 0.476 e. The van der Waals surface area contributed by atoms with Gasteiger partial charge >= 0.3 is 5.97 Å². The van der Waals surface area contributed by atoms with Gasteiger partial charge in [-0.3, -0.25) is 0 Å². The molecule has 3 aromatic rings. The number of benzene rings is 2. The van der Waals surface area contributed by atoms with Crippen LogP contribution in [0.15, 0.2) is 42.5 Å². The van der Waals surface area contributed by atoms with Crippen LogP contribution < -0.4 is 14.2 Å². The van der Waals surface area contributed by atoms with Crippen molar-refractivity contribution in [1.82, 2.24) is 15.4 Å². The van der Waals surface area contributed by atoms with E-state index in [1.54, 1.807) is 12.1 Å². The molecule has 0 fully saturated rings. The lowest BCUT2D eigenvalue weighted by Gasteiger charge is -2.06. The van der Waals surface area contributed by atoms with Crippen molar-refractivity contribution in [2.75, 3.05) is 6.79 Å². The number of hydrogen-bond acceptors (Lipinski definition) is 6. The van der Waals surface area contributed by atoms with Gasteiger partial charge in [0.05, 0.1) is 0 Å². The van der Waals surface area contributed by atoms with Crippen molar-refractivity contribution in [2.24, 2.45) is 0 Å². The fraction of sp³-hybridized carbons (Fsp3) is 0.0625. The molecule has 2 N–H and O–H groups in total. The van der Waals surface area contributed by atoms with E-state index in [4.69, 9.17) is 19.3 Å². The molecule has 0 spiro atoms. The lowest BCUT2D eigenvalue weighted by atomic mass is 10.1. The summed E-state index contributed by atoms with van der Waals surface area (Å²) in [6, 6.07) is 12.8. The maximum absolute atomic E-state index is 11.0. The Morgan fingerprint density at radius 2 is 1.83 bits per heavy atom. The first-order chi connectivity index (χ1) is 11.7. The van der Waals surface area contributed by atoms with Gasteiger partial charge < -0.3 is 19.3 Å². The number of aromatic carboxylic acids is 1. The standard InChI is InChI=1S/C16H11N3O5/c20-16(21)14-15(18-19-17-14)24-11-4-1-9(2-5-11)10-3-6-12-13(7-10)23-8-22-12/h1-7H,8H2,(H,20,21)(H,17,18,19). The molecule has 2 heterocycles. The molecule has 24 heavy (non-hydrogen) atoms. The fourth-order valence-electron chi connectivity index (χ4n) is 2.33. The highest BCUT2D eigenvalue weighted by Crippen LogP contribution is 2.36. The van der Waals surface area contributed by atoms with Crippen LogP contribution in [0, 0.1) is 0 Å². The number of ether oxygens (including phenoxy) is 3. The number of fused-ring (bicyclic) bond motifs is 1.